The van der Waals surface area contributed by atoms with E-state index < -0.39 is 0 Å². The molecule has 158 valence electrons. The van der Waals surface area contributed by atoms with Crippen LogP contribution in [0.2, 0.25) is 5.02 Å². The summed E-state index contributed by atoms with van der Waals surface area (Å²) in [5.41, 5.74) is 2.12. The van der Waals surface area contributed by atoms with Crippen LogP contribution in [-0.2, 0) is 17.9 Å². The first-order valence-electron chi connectivity index (χ1n) is 9.16. The zero-order valence-electron chi connectivity index (χ0n) is 16.9. The molecular formula is C21H28ClIN4O2. The van der Waals surface area contributed by atoms with E-state index >= 15 is 0 Å². The number of ether oxygens (including phenoxy) is 1. The number of hydrogen-bond acceptors (Lipinski definition) is 3. The summed E-state index contributed by atoms with van der Waals surface area (Å²) in [6, 6.07) is 15.3. The van der Waals surface area contributed by atoms with Crippen molar-refractivity contribution in [1.82, 2.24) is 15.5 Å². The van der Waals surface area contributed by atoms with E-state index in [2.05, 4.69) is 15.6 Å². The summed E-state index contributed by atoms with van der Waals surface area (Å²) < 4.78 is 5.56. The fourth-order valence-corrected chi connectivity index (χ4v) is 2.43. The molecule has 0 atom stereocenters. The Morgan fingerprint density at radius 3 is 2.48 bits per heavy atom. The molecule has 0 aliphatic heterocycles. The van der Waals surface area contributed by atoms with E-state index in [0.717, 1.165) is 28.7 Å². The number of halogens is 2. The molecule has 6 nitrogen and oxygen atoms in total. The molecule has 0 saturated heterocycles. The maximum absolute atomic E-state index is 11.7. The molecule has 0 spiro atoms. The number of likely N-dealkylation sites (N-methyl/N-ethyl adjacent to an activating group) is 1. The zero-order chi connectivity index (χ0) is 20.4. The second kappa shape index (κ2) is 13.3. The topological polar surface area (TPSA) is 66.0 Å². The lowest BCUT2D eigenvalue weighted by molar-refractivity contribution is -0.130. The lowest BCUT2D eigenvalue weighted by Crippen LogP contribution is -2.36. The van der Waals surface area contributed by atoms with Crippen molar-refractivity contribution < 1.29 is 9.53 Å². The SMILES string of the molecule is CCNC(=NCc1cccc(OCC(=O)N(C)C)c1)NCc1ccc(Cl)cc1.I. The highest BCUT2D eigenvalue weighted by atomic mass is 127. The van der Waals surface area contributed by atoms with Gasteiger partial charge in [-0.2, -0.15) is 0 Å². The Balaban J connectivity index is 0.00000420. The number of nitrogens with zero attached hydrogens (tertiary/aromatic N) is 2. The number of guanidine groups is 1. The first kappa shape index (κ1) is 25.0. The Bertz CT molecular complexity index is 798. The third-order valence-corrected chi connectivity index (χ3v) is 4.15. The van der Waals surface area contributed by atoms with E-state index in [1.165, 1.54) is 4.90 Å². The van der Waals surface area contributed by atoms with Gasteiger partial charge < -0.3 is 20.3 Å². The molecule has 0 heterocycles. The molecule has 0 unspecified atom stereocenters. The number of hydrogen-bond donors (Lipinski definition) is 2. The van der Waals surface area contributed by atoms with Crippen molar-refractivity contribution in [3.63, 3.8) is 0 Å². The molecule has 0 fully saturated rings. The summed E-state index contributed by atoms with van der Waals surface area (Å²) >= 11 is 5.92. The Kier molecular flexibility index (Phi) is 11.5. The van der Waals surface area contributed by atoms with Crippen molar-refractivity contribution >= 4 is 47.4 Å². The van der Waals surface area contributed by atoms with E-state index in [9.17, 15) is 4.79 Å². The Morgan fingerprint density at radius 1 is 1.10 bits per heavy atom. The zero-order valence-corrected chi connectivity index (χ0v) is 20.0. The monoisotopic (exact) mass is 530 g/mol. The molecular weight excluding hydrogens is 503 g/mol. The maximum Gasteiger partial charge on any atom is 0.259 e. The first-order valence-corrected chi connectivity index (χ1v) is 9.54. The van der Waals surface area contributed by atoms with Crippen LogP contribution >= 0.6 is 35.6 Å². The van der Waals surface area contributed by atoms with Gasteiger partial charge in [-0.25, -0.2) is 4.99 Å². The molecule has 0 aliphatic rings. The number of benzene rings is 2. The standard InChI is InChI=1S/C21H27ClN4O2.HI/c1-4-23-21(24-13-16-8-10-18(22)11-9-16)25-14-17-6-5-7-19(12-17)28-15-20(27)26(2)3;/h5-12H,4,13-15H2,1-3H3,(H2,23,24,25);1H. The van der Waals surface area contributed by atoms with Gasteiger partial charge in [0.1, 0.15) is 5.75 Å². The first-order chi connectivity index (χ1) is 13.5. The van der Waals surface area contributed by atoms with Crippen LogP contribution in [0, 0.1) is 0 Å². The number of carbonyl (C=O) groups is 1. The minimum atomic E-state index is -0.0794. The minimum Gasteiger partial charge on any atom is -0.484 e. The fraction of sp³-hybridized carbons (Fsp3) is 0.333. The van der Waals surface area contributed by atoms with Gasteiger partial charge in [0.25, 0.3) is 5.91 Å². The number of aliphatic imine (C=N–C) groups is 1. The summed E-state index contributed by atoms with van der Waals surface area (Å²) in [7, 11) is 3.41. The van der Waals surface area contributed by atoms with Crippen molar-refractivity contribution in [3.8, 4) is 5.75 Å². The largest absolute Gasteiger partial charge is 0.484 e. The number of amides is 1. The van der Waals surface area contributed by atoms with Gasteiger partial charge in [0, 0.05) is 32.2 Å². The van der Waals surface area contributed by atoms with Crippen LogP contribution in [0.1, 0.15) is 18.1 Å². The van der Waals surface area contributed by atoms with Crippen LogP contribution < -0.4 is 15.4 Å². The average Bonchev–Trinajstić information content (AvgIpc) is 2.69. The fourth-order valence-electron chi connectivity index (χ4n) is 2.31. The van der Waals surface area contributed by atoms with Crippen molar-refractivity contribution in [2.24, 2.45) is 4.99 Å². The van der Waals surface area contributed by atoms with E-state index in [1.54, 1.807) is 14.1 Å². The van der Waals surface area contributed by atoms with E-state index in [0.29, 0.717) is 18.8 Å². The van der Waals surface area contributed by atoms with Crippen LogP contribution in [-0.4, -0.2) is 44.0 Å². The number of carbonyl (C=O) groups excluding carboxylic acids is 1. The Hall–Kier alpha value is -2.00. The van der Waals surface area contributed by atoms with Gasteiger partial charge in [-0.3, -0.25) is 4.79 Å². The molecule has 2 aromatic carbocycles. The Labute approximate surface area is 194 Å². The van der Waals surface area contributed by atoms with Crippen LogP contribution in [0.15, 0.2) is 53.5 Å². The molecule has 2 aromatic rings. The average molecular weight is 531 g/mol. The Morgan fingerprint density at radius 2 is 1.83 bits per heavy atom. The van der Waals surface area contributed by atoms with E-state index in [-0.39, 0.29) is 36.5 Å². The van der Waals surface area contributed by atoms with E-state index in [4.69, 9.17) is 16.3 Å². The molecule has 8 heteroatoms. The predicted molar refractivity (Wildman–Crippen MR) is 129 cm³/mol. The smallest absolute Gasteiger partial charge is 0.259 e. The second-order valence-electron chi connectivity index (χ2n) is 6.40. The minimum absolute atomic E-state index is 0. The molecule has 2 rings (SSSR count). The van der Waals surface area contributed by atoms with Gasteiger partial charge in [0.15, 0.2) is 12.6 Å². The van der Waals surface area contributed by atoms with Gasteiger partial charge >= 0.3 is 0 Å². The molecule has 0 aliphatic carbocycles. The van der Waals surface area contributed by atoms with Gasteiger partial charge in [0.2, 0.25) is 0 Å². The van der Waals surface area contributed by atoms with Crippen molar-refractivity contribution in [1.29, 1.82) is 0 Å². The van der Waals surface area contributed by atoms with Crippen LogP contribution in [0.25, 0.3) is 0 Å². The maximum atomic E-state index is 11.7. The molecule has 0 bridgehead atoms. The van der Waals surface area contributed by atoms with Gasteiger partial charge in [-0.1, -0.05) is 35.9 Å². The number of rotatable bonds is 8. The van der Waals surface area contributed by atoms with Crippen molar-refractivity contribution in [2.75, 3.05) is 27.2 Å². The quantitative estimate of drug-likeness (QED) is 0.310. The predicted octanol–water partition coefficient (Wildman–Crippen LogP) is 3.68. The van der Waals surface area contributed by atoms with E-state index in [1.807, 2.05) is 55.5 Å². The molecule has 1 amide bonds. The summed E-state index contributed by atoms with van der Waals surface area (Å²) in [5.74, 6) is 1.30. The molecule has 0 saturated carbocycles. The summed E-state index contributed by atoms with van der Waals surface area (Å²) in [5, 5.41) is 7.26. The van der Waals surface area contributed by atoms with Gasteiger partial charge in [0.05, 0.1) is 6.54 Å². The molecule has 0 radical (unpaired) electrons. The third kappa shape index (κ3) is 9.36. The highest BCUT2D eigenvalue weighted by molar-refractivity contribution is 14.0. The highest BCUT2D eigenvalue weighted by Crippen LogP contribution is 2.14. The lowest BCUT2D eigenvalue weighted by Gasteiger charge is -2.13. The van der Waals surface area contributed by atoms with Crippen LogP contribution in [0.4, 0.5) is 0 Å². The van der Waals surface area contributed by atoms with Crippen molar-refractivity contribution in [3.05, 3.63) is 64.7 Å². The normalized spacial score (nSPS) is 10.7. The van der Waals surface area contributed by atoms with Gasteiger partial charge in [-0.05, 0) is 42.3 Å². The molecule has 29 heavy (non-hydrogen) atoms. The summed E-state index contributed by atoms with van der Waals surface area (Å²) in [6.45, 7) is 3.95. The van der Waals surface area contributed by atoms with Crippen molar-refractivity contribution in [2.45, 2.75) is 20.0 Å². The highest BCUT2D eigenvalue weighted by Gasteiger charge is 2.05. The van der Waals surface area contributed by atoms with Crippen LogP contribution in [0.5, 0.6) is 5.75 Å². The second-order valence-corrected chi connectivity index (χ2v) is 6.84. The summed E-state index contributed by atoms with van der Waals surface area (Å²) in [4.78, 5) is 17.8. The summed E-state index contributed by atoms with van der Waals surface area (Å²) in [6.07, 6.45) is 0. The van der Waals surface area contributed by atoms with Crippen LogP contribution in [0.3, 0.4) is 0 Å². The lowest BCUT2D eigenvalue weighted by atomic mass is 10.2. The third-order valence-electron chi connectivity index (χ3n) is 3.90. The molecule has 2 N–H and O–H groups in total. The van der Waals surface area contributed by atoms with Gasteiger partial charge in [-0.15, -0.1) is 24.0 Å². The number of nitrogens with one attached hydrogen (secondary N) is 2. The molecule has 0 aromatic heterocycles.